The molecule has 1 amide bonds. The van der Waals surface area contributed by atoms with Crippen molar-refractivity contribution >= 4 is 17.2 Å². The first kappa shape index (κ1) is 20.2. The molecule has 2 aliphatic rings. The number of hydrogen-bond donors (Lipinski definition) is 0. The van der Waals surface area contributed by atoms with Crippen molar-refractivity contribution in [3.8, 4) is 33.2 Å². The average Bonchev–Trinajstić information content (AvgIpc) is 3.45. The van der Waals surface area contributed by atoms with Gasteiger partial charge in [0, 0.05) is 35.6 Å². The smallest absolute Gasteiger partial charge is 0.270 e. The summed E-state index contributed by atoms with van der Waals surface area (Å²) in [4.78, 5) is 16.8. The molecule has 31 heavy (non-hydrogen) atoms. The number of ether oxygens (including phenoxy) is 2. The molecule has 1 atom stereocenters. The van der Waals surface area contributed by atoms with E-state index in [1.54, 1.807) is 25.6 Å². The molecule has 3 aromatic rings. The van der Waals surface area contributed by atoms with Crippen LogP contribution in [-0.4, -0.2) is 42.7 Å². The molecule has 0 saturated carbocycles. The summed E-state index contributed by atoms with van der Waals surface area (Å²) in [5.41, 5.74) is 5.38. The van der Waals surface area contributed by atoms with E-state index in [1.165, 1.54) is 16.9 Å². The molecule has 2 aromatic heterocycles. The van der Waals surface area contributed by atoms with Crippen LogP contribution in [0.25, 0.3) is 21.7 Å². The maximum Gasteiger partial charge on any atom is 0.270 e. The summed E-state index contributed by atoms with van der Waals surface area (Å²) in [6.45, 7) is 4.71. The number of nitrogens with zero attached hydrogens (tertiary/aromatic N) is 2. The normalized spacial score (nSPS) is 17.8. The van der Waals surface area contributed by atoms with Crippen LogP contribution in [0.15, 0.2) is 35.7 Å². The van der Waals surface area contributed by atoms with Gasteiger partial charge in [0.25, 0.3) is 5.91 Å². The van der Waals surface area contributed by atoms with Crippen LogP contribution in [0, 0.1) is 5.92 Å². The van der Waals surface area contributed by atoms with Crippen LogP contribution in [-0.2, 0) is 13.0 Å². The molecular weight excluding hydrogens is 408 g/mol. The Kier molecular flexibility index (Phi) is 5.26. The molecule has 1 aromatic carbocycles. The molecule has 5 nitrogen and oxygen atoms in total. The molecule has 1 fully saturated rings. The third-order valence-electron chi connectivity index (χ3n) is 6.52. The van der Waals surface area contributed by atoms with Gasteiger partial charge in [-0.3, -0.25) is 4.79 Å². The summed E-state index contributed by atoms with van der Waals surface area (Å²) < 4.78 is 13.4. The van der Waals surface area contributed by atoms with Crippen molar-refractivity contribution < 1.29 is 14.3 Å². The summed E-state index contributed by atoms with van der Waals surface area (Å²) in [6, 6.07) is 10.4. The highest BCUT2D eigenvalue weighted by molar-refractivity contribution is 7.13. The maximum absolute atomic E-state index is 13.6. The predicted octanol–water partition coefficient (Wildman–Crippen LogP) is 5.33. The lowest BCUT2D eigenvalue weighted by Gasteiger charge is -2.31. The van der Waals surface area contributed by atoms with Gasteiger partial charge in [-0.2, -0.15) is 0 Å². The first-order valence-corrected chi connectivity index (χ1v) is 11.8. The van der Waals surface area contributed by atoms with E-state index < -0.39 is 0 Å². The van der Waals surface area contributed by atoms with E-state index >= 15 is 0 Å². The molecule has 0 radical (unpaired) electrons. The summed E-state index contributed by atoms with van der Waals surface area (Å²) >= 11 is 1.71. The van der Waals surface area contributed by atoms with Gasteiger partial charge in [0.15, 0.2) is 11.5 Å². The Labute approximate surface area is 187 Å². The Morgan fingerprint density at radius 2 is 1.90 bits per heavy atom. The minimum atomic E-state index is 0.152. The van der Waals surface area contributed by atoms with E-state index in [0.717, 1.165) is 60.7 Å². The molecule has 0 bridgehead atoms. The molecule has 0 spiro atoms. The number of thiophene rings is 1. The van der Waals surface area contributed by atoms with Crippen molar-refractivity contribution in [2.45, 2.75) is 32.7 Å². The molecule has 6 heteroatoms. The van der Waals surface area contributed by atoms with E-state index in [-0.39, 0.29) is 5.91 Å². The molecule has 0 N–H and O–H groups in total. The number of aromatic nitrogens is 1. The highest BCUT2D eigenvalue weighted by Crippen LogP contribution is 2.45. The second-order valence-electron chi connectivity index (χ2n) is 8.53. The molecule has 162 valence electrons. The third kappa shape index (κ3) is 3.43. The number of aryl methyl sites for hydroxylation is 1. The van der Waals surface area contributed by atoms with E-state index in [1.807, 2.05) is 4.90 Å². The van der Waals surface area contributed by atoms with Crippen molar-refractivity contribution in [1.29, 1.82) is 0 Å². The number of benzene rings is 1. The third-order valence-corrected chi connectivity index (χ3v) is 7.42. The zero-order chi connectivity index (χ0) is 21.5. The number of piperidine rings is 1. The Bertz CT molecular complexity index is 1120. The molecule has 0 aliphatic carbocycles. The largest absolute Gasteiger partial charge is 0.493 e. The Hall–Kier alpha value is -2.73. The molecular formula is C25H28N2O3S. The Morgan fingerprint density at radius 3 is 2.61 bits per heavy atom. The van der Waals surface area contributed by atoms with Gasteiger partial charge in [-0.25, -0.2) is 0 Å². The lowest BCUT2D eigenvalue weighted by atomic mass is 9.95. The molecule has 1 saturated heterocycles. The number of carbonyl (C=O) groups excluding carboxylic acids is 1. The second-order valence-corrected chi connectivity index (χ2v) is 9.48. The van der Waals surface area contributed by atoms with E-state index in [0.29, 0.717) is 11.7 Å². The van der Waals surface area contributed by atoms with Gasteiger partial charge >= 0.3 is 0 Å². The van der Waals surface area contributed by atoms with Gasteiger partial charge in [-0.15, -0.1) is 11.3 Å². The van der Waals surface area contributed by atoms with Crippen molar-refractivity contribution in [1.82, 2.24) is 9.47 Å². The molecule has 2 aliphatic heterocycles. The number of likely N-dealkylation sites (tertiary alicyclic amines) is 1. The zero-order valence-electron chi connectivity index (χ0n) is 18.3. The van der Waals surface area contributed by atoms with Crippen molar-refractivity contribution in [3.63, 3.8) is 0 Å². The standard InChI is InChI=1S/C25H28N2O3S/c1-16-6-4-9-26(15-16)25(28)20-13-19(23-7-5-11-31-23)24-18-14-22(30-3)21(29-2)12-17(18)8-10-27(20)24/h5,7,11-14,16H,4,6,8-10,15H2,1-3H3/t16-/m1/s1. The van der Waals surface area contributed by atoms with E-state index in [4.69, 9.17) is 9.47 Å². The monoisotopic (exact) mass is 436 g/mol. The van der Waals surface area contributed by atoms with Crippen molar-refractivity contribution in [2.75, 3.05) is 27.3 Å². The van der Waals surface area contributed by atoms with Crippen molar-refractivity contribution in [2.24, 2.45) is 5.92 Å². The van der Waals surface area contributed by atoms with Gasteiger partial charge in [-0.05, 0) is 60.4 Å². The number of hydrogen-bond acceptors (Lipinski definition) is 4. The molecule has 0 unspecified atom stereocenters. The number of amides is 1. The average molecular weight is 437 g/mol. The van der Waals surface area contributed by atoms with Crippen LogP contribution in [0.2, 0.25) is 0 Å². The zero-order valence-corrected chi connectivity index (χ0v) is 19.1. The number of carbonyl (C=O) groups is 1. The number of methoxy groups -OCH3 is 2. The quantitative estimate of drug-likeness (QED) is 0.555. The van der Waals surface area contributed by atoms with Gasteiger partial charge in [0.1, 0.15) is 5.69 Å². The minimum Gasteiger partial charge on any atom is -0.493 e. The second kappa shape index (κ2) is 8.08. The fourth-order valence-corrected chi connectivity index (χ4v) is 5.73. The summed E-state index contributed by atoms with van der Waals surface area (Å²) in [5.74, 6) is 2.17. The van der Waals surface area contributed by atoms with Crippen LogP contribution in [0.3, 0.4) is 0 Å². The summed E-state index contributed by atoms with van der Waals surface area (Å²) in [7, 11) is 3.34. The van der Waals surface area contributed by atoms with Gasteiger partial charge in [-0.1, -0.05) is 13.0 Å². The van der Waals surface area contributed by atoms with Crippen LogP contribution in [0.4, 0.5) is 0 Å². The first-order valence-electron chi connectivity index (χ1n) is 10.9. The summed E-state index contributed by atoms with van der Waals surface area (Å²) in [5, 5.41) is 2.09. The Morgan fingerprint density at radius 1 is 1.10 bits per heavy atom. The fraction of sp³-hybridized carbons (Fsp3) is 0.400. The SMILES string of the molecule is COc1cc2c(cc1OC)-c1c(-c3cccs3)cc(C(=O)N3CCC[C@@H](C)C3)n1CC2. The first-order chi connectivity index (χ1) is 15.1. The van der Waals surface area contributed by atoms with Gasteiger partial charge in [0.05, 0.1) is 19.9 Å². The number of rotatable bonds is 4. The van der Waals surface area contributed by atoms with Crippen LogP contribution >= 0.6 is 11.3 Å². The van der Waals surface area contributed by atoms with E-state index in [2.05, 4.69) is 47.2 Å². The minimum absolute atomic E-state index is 0.152. The molecule has 4 heterocycles. The van der Waals surface area contributed by atoms with E-state index in [9.17, 15) is 4.79 Å². The fourth-order valence-electron chi connectivity index (χ4n) is 4.98. The highest BCUT2D eigenvalue weighted by Gasteiger charge is 2.31. The van der Waals surface area contributed by atoms with Crippen LogP contribution in [0.1, 0.15) is 35.8 Å². The summed E-state index contributed by atoms with van der Waals surface area (Å²) in [6.07, 6.45) is 3.14. The van der Waals surface area contributed by atoms with Gasteiger partial charge in [0.2, 0.25) is 0 Å². The lowest BCUT2D eigenvalue weighted by Crippen LogP contribution is -2.40. The maximum atomic E-state index is 13.6. The van der Waals surface area contributed by atoms with Crippen molar-refractivity contribution in [3.05, 3.63) is 47.0 Å². The van der Waals surface area contributed by atoms with Crippen LogP contribution < -0.4 is 9.47 Å². The van der Waals surface area contributed by atoms with Crippen LogP contribution in [0.5, 0.6) is 11.5 Å². The Balaban J connectivity index is 1.67. The molecule has 5 rings (SSSR count). The number of fused-ring (bicyclic) bond motifs is 3. The predicted molar refractivity (Wildman–Crippen MR) is 124 cm³/mol. The van der Waals surface area contributed by atoms with Gasteiger partial charge < -0.3 is 18.9 Å². The lowest BCUT2D eigenvalue weighted by molar-refractivity contribution is 0.0672. The topological polar surface area (TPSA) is 43.7 Å². The highest BCUT2D eigenvalue weighted by atomic mass is 32.1.